The van der Waals surface area contributed by atoms with Gasteiger partial charge in [0, 0.05) is 25.0 Å². The van der Waals surface area contributed by atoms with Crippen LogP contribution in [0.2, 0.25) is 0 Å². The molecule has 1 aromatic carbocycles. The summed E-state index contributed by atoms with van der Waals surface area (Å²) in [5.41, 5.74) is 1.43. The molecule has 0 spiro atoms. The third-order valence-electron chi connectivity index (χ3n) is 3.16. The average molecular weight is 248 g/mol. The second-order valence-electron chi connectivity index (χ2n) is 4.95. The zero-order chi connectivity index (χ0) is 12.3. The quantitative estimate of drug-likeness (QED) is 0.810. The van der Waals surface area contributed by atoms with Crippen molar-refractivity contribution in [3.05, 3.63) is 35.9 Å². The molecule has 2 nitrogen and oxygen atoms in total. The minimum atomic E-state index is 0.415. The van der Waals surface area contributed by atoms with Gasteiger partial charge in [-0.05, 0) is 38.0 Å². The van der Waals surface area contributed by atoms with E-state index in [1.54, 1.807) is 0 Å². The predicted octanol–water partition coefficient (Wildman–Crippen LogP) is 2.76. The Kier molecular flexibility index (Phi) is 4.00. The smallest absolute Gasteiger partial charge is 0.169 e. The average Bonchev–Trinajstić information content (AvgIpc) is 2.78. The van der Waals surface area contributed by atoms with E-state index < -0.39 is 0 Å². The first-order chi connectivity index (χ1) is 8.16. The summed E-state index contributed by atoms with van der Waals surface area (Å²) >= 11 is 5.41. The van der Waals surface area contributed by atoms with E-state index in [1.807, 2.05) is 0 Å². The molecule has 0 aromatic heterocycles. The summed E-state index contributed by atoms with van der Waals surface area (Å²) < 4.78 is 0. The van der Waals surface area contributed by atoms with Crippen LogP contribution in [0.3, 0.4) is 0 Å². The van der Waals surface area contributed by atoms with Crippen LogP contribution in [0.5, 0.6) is 0 Å². The molecule has 1 saturated heterocycles. The van der Waals surface area contributed by atoms with Gasteiger partial charge < -0.3 is 10.2 Å². The molecule has 1 aliphatic heterocycles. The Balaban J connectivity index is 1.94. The van der Waals surface area contributed by atoms with Gasteiger partial charge >= 0.3 is 0 Å². The lowest BCUT2D eigenvalue weighted by Gasteiger charge is -2.22. The van der Waals surface area contributed by atoms with E-state index in [0.717, 1.165) is 18.2 Å². The van der Waals surface area contributed by atoms with Crippen molar-refractivity contribution < 1.29 is 0 Å². The number of thiocarbonyl (C=S) groups is 1. The molecule has 0 radical (unpaired) electrons. The number of nitrogens with zero attached hydrogens (tertiary/aromatic N) is 1. The largest absolute Gasteiger partial charge is 0.360 e. The number of rotatable bonds is 2. The zero-order valence-corrected chi connectivity index (χ0v) is 11.3. The van der Waals surface area contributed by atoms with Crippen molar-refractivity contribution in [1.82, 2.24) is 10.2 Å². The first-order valence-electron chi connectivity index (χ1n) is 6.27. The van der Waals surface area contributed by atoms with Gasteiger partial charge in [-0.3, -0.25) is 0 Å². The number of nitrogens with one attached hydrogen (secondary N) is 1. The molecular formula is C14H20N2S. The molecule has 1 heterocycles. The molecule has 1 aromatic rings. The Morgan fingerprint density at radius 3 is 2.71 bits per heavy atom. The third kappa shape index (κ3) is 3.19. The SMILES string of the molecule is CC(C)NC(=S)N1CCC(c2ccccc2)C1. The van der Waals surface area contributed by atoms with E-state index in [-0.39, 0.29) is 0 Å². The van der Waals surface area contributed by atoms with Crippen molar-refractivity contribution in [3.63, 3.8) is 0 Å². The summed E-state index contributed by atoms with van der Waals surface area (Å²) in [5, 5.41) is 4.22. The highest BCUT2D eigenvalue weighted by Crippen LogP contribution is 2.26. The van der Waals surface area contributed by atoms with Gasteiger partial charge in [-0.1, -0.05) is 30.3 Å². The number of hydrogen-bond acceptors (Lipinski definition) is 1. The van der Waals surface area contributed by atoms with Crippen molar-refractivity contribution in [1.29, 1.82) is 0 Å². The lowest BCUT2D eigenvalue weighted by molar-refractivity contribution is 0.489. The monoisotopic (exact) mass is 248 g/mol. The van der Waals surface area contributed by atoms with Crippen LogP contribution in [0.1, 0.15) is 31.7 Å². The van der Waals surface area contributed by atoms with Gasteiger partial charge in [0.2, 0.25) is 0 Å². The predicted molar refractivity (Wildman–Crippen MR) is 76.2 cm³/mol. The van der Waals surface area contributed by atoms with Gasteiger partial charge in [0.25, 0.3) is 0 Å². The maximum atomic E-state index is 5.41. The van der Waals surface area contributed by atoms with E-state index in [9.17, 15) is 0 Å². The van der Waals surface area contributed by atoms with Crippen LogP contribution in [0, 0.1) is 0 Å². The third-order valence-corrected chi connectivity index (χ3v) is 3.53. The molecule has 0 bridgehead atoms. The number of likely N-dealkylation sites (tertiary alicyclic amines) is 1. The van der Waals surface area contributed by atoms with Crippen molar-refractivity contribution in [3.8, 4) is 0 Å². The van der Waals surface area contributed by atoms with E-state index in [1.165, 1.54) is 12.0 Å². The van der Waals surface area contributed by atoms with E-state index in [0.29, 0.717) is 12.0 Å². The van der Waals surface area contributed by atoms with Crippen molar-refractivity contribution in [2.75, 3.05) is 13.1 Å². The Hall–Kier alpha value is -1.09. The molecule has 1 fully saturated rings. The number of benzene rings is 1. The van der Waals surface area contributed by atoms with Gasteiger partial charge in [0.05, 0.1) is 0 Å². The molecule has 92 valence electrons. The van der Waals surface area contributed by atoms with Gasteiger partial charge in [-0.15, -0.1) is 0 Å². The Bertz CT molecular complexity index is 375. The van der Waals surface area contributed by atoms with Gasteiger partial charge in [0.15, 0.2) is 5.11 Å². The normalized spacial score (nSPS) is 19.7. The van der Waals surface area contributed by atoms with Gasteiger partial charge in [-0.2, -0.15) is 0 Å². The van der Waals surface area contributed by atoms with Crippen molar-refractivity contribution in [2.24, 2.45) is 0 Å². The second-order valence-corrected chi connectivity index (χ2v) is 5.33. The maximum absolute atomic E-state index is 5.41. The molecule has 2 rings (SSSR count). The molecule has 0 amide bonds. The molecule has 17 heavy (non-hydrogen) atoms. The van der Waals surface area contributed by atoms with E-state index in [4.69, 9.17) is 12.2 Å². The summed E-state index contributed by atoms with van der Waals surface area (Å²) in [5.74, 6) is 0.628. The van der Waals surface area contributed by atoms with Crippen LogP contribution in [0.4, 0.5) is 0 Å². The first-order valence-corrected chi connectivity index (χ1v) is 6.68. The molecular weight excluding hydrogens is 228 g/mol. The fourth-order valence-corrected chi connectivity index (χ4v) is 2.68. The van der Waals surface area contributed by atoms with Gasteiger partial charge in [0.1, 0.15) is 0 Å². The summed E-state index contributed by atoms with van der Waals surface area (Å²) in [4.78, 5) is 2.28. The zero-order valence-electron chi connectivity index (χ0n) is 10.5. The summed E-state index contributed by atoms with van der Waals surface area (Å²) in [6.07, 6.45) is 1.20. The van der Waals surface area contributed by atoms with Crippen LogP contribution >= 0.6 is 12.2 Å². The molecule has 1 N–H and O–H groups in total. The molecule has 0 saturated carbocycles. The summed E-state index contributed by atoms with van der Waals surface area (Å²) in [6, 6.07) is 11.1. The van der Waals surface area contributed by atoms with Crippen LogP contribution < -0.4 is 5.32 Å². The summed E-state index contributed by atoms with van der Waals surface area (Å²) in [7, 11) is 0. The Labute approximate surface area is 109 Å². The highest BCUT2D eigenvalue weighted by molar-refractivity contribution is 7.80. The standard InChI is InChI=1S/C14H20N2S/c1-11(2)15-14(17)16-9-8-13(10-16)12-6-4-3-5-7-12/h3-7,11,13H,8-10H2,1-2H3,(H,15,17). The van der Waals surface area contributed by atoms with Gasteiger partial charge in [-0.25, -0.2) is 0 Å². The minimum absolute atomic E-state index is 0.415. The lowest BCUT2D eigenvalue weighted by atomic mass is 9.99. The van der Waals surface area contributed by atoms with Crippen molar-refractivity contribution >= 4 is 17.3 Å². The van der Waals surface area contributed by atoms with Crippen LogP contribution in [0.15, 0.2) is 30.3 Å². The molecule has 1 unspecified atom stereocenters. The molecule has 1 atom stereocenters. The topological polar surface area (TPSA) is 15.3 Å². The van der Waals surface area contributed by atoms with Crippen LogP contribution in [-0.2, 0) is 0 Å². The second kappa shape index (κ2) is 5.50. The van der Waals surface area contributed by atoms with Crippen molar-refractivity contribution in [2.45, 2.75) is 32.2 Å². The molecule has 3 heteroatoms. The van der Waals surface area contributed by atoms with Crippen LogP contribution in [-0.4, -0.2) is 29.1 Å². The Morgan fingerprint density at radius 2 is 2.06 bits per heavy atom. The van der Waals surface area contributed by atoms with Crippen LogP contribution in [0.25, 0.3) is 0 Å². The lowest BCUT2D eigenvalue weighted by Crippen LogP contribution is -2.41. The fourth-order valence-electron chi connectivity index (χ4n) is 2.28. The maximum Gasteiger partial charge on any atom is 0.169 e. The highest BCUT2D eigenvalue weighted by atomic mass is 32.1. The molecule has 0 aliphatic carbocycles. The summed E-state index contributed by atoms with van der Waals surface area (Å²) in [6.45, 7) is 6.36. The molecule has 1 aliphatic rings. The van der Waals surface area contributed by atoms with E-state index in [2.05, 4.69) is 54.4 Å². The Morgan fingerprint density at radius 1 is 1.35 bits per heavy atom. The minimum Gasteiger partial charge on any atom is -0.360 e. The fraction of sp³-hybridized carbons (Fsp3) is 0.500. The first kappa shape index (κ1) is 12.4. The highest BCUT2D eigenvalue weighted by Gasteiger charge is 2.25. The van der Waals surface area contributed by atoms with E-state index >= 15 is 0 Å². The number of hydrogen-bond donors (Lipinski definition) is 1.